The summed E-state index contributed by atoms with van der Waals surface area (Å²) in [6.07, 6.45) is 1.30. The minimum atomic E-state index is -0.154. The fraction of sp³-hybridized carbons (Fsp3) is 0.318. The lowest BCUT2D eigenvalue weighted by atomic mass is 10.1. The molecule has 29 heavy (non-hydrogen) atoms. The van der Waals surface area contributed by atoms with E-state index in [9.17, 15) is 9.59 Å². The van der Waals surface area contributed by atoms with Crippen LogP contribution in [0.4, 0.5) is 5.13 Å². The summed E-state index contributed by atoms with van der Waals surface area (Å²) >= 11 is 3.02. The predicted octanol–water partition coefficient (Wildman–Crippen LogP) is 4.67. The Morgan fingerprint density at radius 1 is 1.10 bits per heavy atom. The van der Waals surface area contributed by atoms with Gasteiger partial charge in [0, 0.05) is 48.7 Å². The highest BCUT2D eigenvalue weighted by Crippen LogP contribution is 2.29. The highest BCUT2D eigenvalue weighted by atomic mass is 32.1. The lowest BCUT2D eigenvalue weighted by molar-refractivity contribution is -0.116. The van der Waals surface area contributed by atoms with Crippen molar-refractivity contribution in [2.45, 2.75) is 39.3 Å². The summed E-state index contributed by atoms with van der Waals surface area (Å²) in [6.45, 7) is 4.71. The van der Waals surface area contributed by atoms with Crippen molar-refractivity contribution in [2.75, 3.05) is 11.9 Å². The standard InChI is InChI=1S/C22H23N3O2S2/c1-15-7-9-19(28-15)18(26)8-10-21(27)24-22-23-17-11-12-25(14-20(17)29-22)13-16-5-3-2-4-6-16/h2-7,9H,8,10-14H2,1H3,(H,23,24,27). The van der Waals surface area contributed by atoms with E-state index in [1.54, 1.807) is 11.3 Å². The van der Waals surface area contributed by atoms with Gasteiger partial charge in [-0.15, -0.1) is 22.7 Å². The largest absolute Gasteiger partial charge is 0.302 e. The quantitative estimate of drug-likeness (QED) is 0.559. The number of aryl methyl sites for hydroxylation is 1. The summed E-state index contributed by atoms with van der Waals surface area (Å²) in [4.78, 5) is 34.5. The summed E-state index contributed by atoms with van der Waals surface area (Å²) in [6, 6.07) is 14.2. The minimum absolute atomic E-state index is 0.0215. The molecular weight excluding hydrogens is 402 g/mol. The topological polar surface area (TPSA) is 62.3 Å². The van der Waals surface area contributed by atoms with Crippen molar-refractivity contribution in [3.63, 3.8) is 0 Å². The van der Waals surface area contributed by atoms with Crippen LogP contribution in [-0.4, -0.2) is 28.1 Å². The molecule has 2 aromatic heterocycles. The predicted molar refractivity (Wildman–Crippen MR) is 118 cm³/mol. The number of carbonyl (C=O) groups excluding carboxylic acids is 2. The number of ketones is 1. The highest BCUT2D eigenvalue weighted by Gasteiger charge is 2.21. The number of nitrogens with zero attached hydrogens (tertiary/aromatic N) is 2. The van der Waals surface area contributed by atoms with Crippen LogP contribution in [0.1, 0.15) is 43.5 Å². The van der Waals surface area contributed by atoms with E-state index in [0.717, 1.165) is 41.5 Å². The maximum absolute atomic E-state index is 12.3. The number of fused-ring (bicyclic) bond motifs is 1. The van der Waals surface area contributed by atoms with Gasteiger partial charge in [0.05, 0.1) is 10.6 Å². The van der Waals surface area contributed by atoms with E-state index in [2.05, 4.69) is 39.5 Å². The molecule has 0 radical (unpaired) electrons. The van der Waals surface area contributed by atoms with Crippen LogP contribution >= 0.6 is 22.7 Å². The Bertz CT molecular complexity index is 1010. The van der Waals surface area contributed by atoms with Crippen molar-refractivity contribution in [1.29, 1.82) is 0 Å². The van der Waals surface area contributed by atoms with E-state index in [1.807, 2.05) is 25.1 Å². The van der Waals surface area contributed by atoms with Gasteiger partial charge in [-0.1, -0.05) is 30.3 Å². The van der Waals surface area contributed by atoms with Gasteiger partial charge in [0.15, 0.2) is 10.9 Å². The number of anilines is 1. The number of thiophene rings is 1. The monoisotopic (exact) mass is 425 g/mol. The van der Waals surface area contributed by atoms with Crippen molar-refractivity contribution in [3.05, 3.63) is 68.4 Å². The third-order valence-electron chi connectivity index (χ3n) is 4.90. The van der Waals surface area contributed by atoms with Crippen LogP contribution in [0.5, 0.6) is 0 Å². The maximum atomic E-state index is 12.3. The van der Waals surface area contributed by atoms with Crippen molar-refractivity contribution < 1.29 is 9.59 Å². The van der Waals surface area contributed by atoms with Gasteiger partial charge in [0.25, 0.3) is 0 Å². The summed E-state index contributed by atoms with van der Waals surface area (Å²) in [5.41, 5.74) is 2.39. The van der Waals surface area contributed by atoms with Gasteiger partial charge in [-0.25, -0.2) is 4.98 Å². The summed E-state index contributed by atoms with van der Waals surface area (Å²) in [7, 11) is 0. The molecule has 1 amide bonds. The number of benzene rings is 1. The lowest BCUT2D eigenvalue weighted by Crippen LogP contribution is -2.29. The lowest BCUT2D eigenvalue weighted by Gasteiger charge is -2.25. The first-order valence-corrected chi connectivity index (χ1v) is 11.3. The SMILES string of the molecule is Cc1ccc(C(=O)CCC(=O)Nc2nc3c(s2)CN(Cc2ccccc2)CC3)s1. The van der Waals surface area contributed by atoms with Gasteiger partial charge in [-0.3, -0.25) is 14.5 Å². The third-order valence-corrected chi connectivity index (χ3v) is 6.94. The number of Topliss-reactive ketones (excluding diaryl/α,β-unsaturated/α-hetero) is 1. The van der Waals surface area contributed by atoms with Crippen molar-refractivity contribution >= 4 is 39.5 Å². The molecule has 0 spiro atoms. The molecule has 1 aliphatic heterocycles. The zero-order chi connectivity index (χ0) is 20.2. The van der Waals surface area contributed by atoms with E-state index < -0.39 is 0 Å². The smallest absolute Gasteiger partial charge is 0.226 e. The molecule has 0 saturated heterocycles. The second kappa shape index (κ2) is 8.98. The first-order valence-electron chi connectivity index (χ1n) is 9.71. The number of hydrogen-bond acceptors (Lipinski definition) is 6. The Kier molecular flexibility index (Phi) is 6.18. The maximum Gasteiger partial charge on any atom is 0.226 e. The second-order valence-corrected chi connectivity index (χ2v) is 9.59. The van der Waals surface area contributed by atoms with Crippen LogP contribution in [-0.2, 0) is 24.3 Å². The van der Waals surface area contributed by atoms with Crippen molar-refractivity contribution in [3.8, 4) is 0 Å². The van der Waals surface area contributed by atoms with Crippen molar-refractivity contribution in [2.24, 2.45) is 0 Å². The number of amides is 1. The molecular formula is C22H23N3O2S2. The average molecular weight is 426 g/mol. The molecule has 0 saturated carbocycles. The molecule has 3 heterocycles. The van der Waals surface area contributed by atoms with Gasteiger partial charge in [0.1, 0.15) is 0 Å². The van der Waals surface area contributed by atoms with Gasteiger partial charge >= 0.3 is 0 Å². The van der Waals surface area contributed by atoms with E-state index in [1.165, 1.54) is 21.8 Å². The first kappa shape index (κ1) is 19.9. The molecule has 0 fully saturated rings. The molecule has 0 bridgehead atoms. The molecule has 1 aromatic carbocycles. The Balaban J connectivity index is 1.29. The summed E-state index contributed by atoms with van der Waals surface area (Å²) in [5, 5.41) is 3.52. The molecule has 1 aliphatic rings. The summed E-state index contributed by atoms with van der Waals surface area (Å²) in [5.74, 6) is -0.132. The molecule has 0 unspecified atom stereocenters. The third kappa shape index (κ3) is 5.18. The van der Waals surface area contributed by atoms with Crippen LogP contribution in [0.3, 0.4) is 0 Å². The fourth-order valence-corrected chi connectivity index (χ4v) is 5.30. The van der Waals surface area contributed by atoms with Crippen LogP contribution < -0.4 is 5.32 Å². The van der Waals surface area contributed by atoms with Crippen LogP contribution in [0.25, 0.3) is 0 Å². The molecule has 0 aliphatic carbocycles. The van der Waals surface area contributed by atoms with E-state index in [-0.39, 0.29) is 24.5 Å². The number of thiazole rings is 1. The number of hydrogen-bond donors (Lipinski definition) is 1. The Morgan fingerprint density at radius 2 is 1.93 bits per heavy atom. The zero-order valence-electron chi connectivity index (χ0n) is 16.3. The van der Waals surface area contributed by atoms with E-state index in [0.29, 0.717) is 5.13 Å². The van der Waals surface area contributed by atoms with Gasteiger partial charge < -0.3 is 5.32 Å². The molecule has 4 rings (SSSR count). The van der Waals surface area contributed by atoms with Gasteiger partial charge in [-0.05, 0) is 24.6 Å². The molecule has 3 aromatic rings. The minimum Gasteiger partial charge on any atom is -0.302 e. The fourth-order valence-electron chi connectivity index (χ4n) is 3.39. The normalized spacial score (nSPS) is 13.8. The number of aromatic nitrogens is 1. The van der Waals surface area contributed by atoms with Crippen LogP contribution in [0.15, 0.2) is 42.5 Å². The average Bonchev–Trinajstić information content (AvgIpc) is 3.32. The number of rotatable bonds is 7. The summed E-state index contributed by atoms with van der Waals surface area (Å²) < 4.78 is 0. The van der Waals surface area contributed by atoms with Gasteiger partial charge in [0.2, 0.25) is 5.91 Å². The van der Waals surface area contributed by atoms with Crippen molar-refractivity contribution in [1.82, 2.24) is 9.88 Å². The molecule has 5 nitrogen and oxygen atoms in total. The number of nitrogens with one attached hydrogen (secondary N) is 1. The molecule has 1 N–H and O–H groups in total. The zero-order valence-corrected chi connectivity index (χ0v) is 17.9. The molecule has 0 atom stereocenters. The Hall–Kier alpha value is -2.35. The Morgan fingerprint density at radius 3 is 2.69 bits per heavy atom. The molecule has 150 valence electrons. The Labute approximate surface area is 178 Å². The number of carbonyl (C=O) groups is 2. The first-order chi connectivity index (χ1) is 14.1. The van der Waals surface area contributed by atoms with Crippen LogP contribution in [0, 0.1) is 6.92 Å². The second-order valence-electron chi connectivity index (χ2n) is 7.22. The van der Waals surface area contributed by atoms with Crippen LogP contribution in [0.2, 0.25) is 0 Å². The van der Waals surface area contributed by atoms with Gasteiger partial charge in [-0.2, -0.15) is 0 Å². The highest BCUT2D eigenvalue weighted by molar-refractivity contribution is 7.16. The van der Waals surface area contributed by atoms with E-state index in [4.69, 9.17) is 0 Å². The van der Waals surface area contributed by atoms with E-state index >= 15 is 0 Å². The molecule has 7 heteroatoms.